The third-order valence-corrected chi connectivity index (χ3v) is 6.52. The quantitative estimate of drug-likeness (QED) is 0.494. The number of amides is 1. The summed E-state index contributed by atoms with van der Waals surface area (Å²) in [5.41, 5.74) is 1.61. The summed E-state index contributed by atoms with van der Waals surface area (Å²) >= 11 is 13.6. The highest BCUT2D eigenvalue weighted by Crippen LogP contribution is 2.21. The number of carbonyl (C=O) groups is 1. The van der Waals surface area contributed by atoms with E-state index >= 15 is 0 Å². The lowest BCUT2D eigenvalue weighted by atomic mass is 10.1. The summed E-state index contributed by atoms with van der Waals surface area (Å²) in [5.74, 6) is 0.275. The molecule has 1 unspecified atom stereocenters. The summed E-state index contributed by atoms with van der Waals surface area (Å²) in [6.45, 7) is 0.331. The Morgan fingerprint density at radius 2 is 1.90 bits per heavy atom. The summed E-state index contributed by atoms with van der Waals surface area (Å²) in [4.78, 5) is 12.6. The van der Waals surface area contributed by atoms with Gasteiger partial charge in [-0.15, -0.1) is 0 Å². The summed E-state index contributed by atoms with van der Waals surface area (Å²) < 4.78 is 27.4. The van der Waals surface area contributed by atoms with Crippen LogP contribution >= 0.6 is 35.0 Å². The lowest BCUT2D eigenvalue weighted by molar-refractivity contribution is -0.122. The molecule has 0 aliphatic heterocycles. The Kier molecular flexibility index (Phi) is 10.2. The van der Waals surface area contributed by atoms with Gasteiger partial charge in [0.05, 0.1) is 0 Å². The molecule has 0 aliphatic rings. The van der Waals surface area contributed by atoms with Crippen molar-refractivity contribution in [1.82, 2.24) is 10.0 Å². The maximum atomic E-state index is 12.6. The van der Waals surface area contributed by atoms with Crippen molar-refractivity contribution >= 4 is 57.0 Å². The Hall–Kier alpha value is -1.51. The predicted octanol–water partition coefficient (Wildman–Crippen LogP) is 4.36. The highest BCUT2D eigenvalue weighted by Gasteiger charge is 2.22. The van der Waals surface area contributed by atoms with E-state index in [1.807, 2.05) is 24.5 Å². The number of nitrogens with one attached hydrogen (secondary N) is 2. The van der Waals surface area contributed by atoms with Gasteiger partial charge in [-0.05, 0) is 54.2 Å². The highest BCUT2D eigenvalue weighted by atomic mass is 35.5. The van der Waals surface area contributed by atoms with Crippen LogP contribution in [0.25, 0.3) is 6.08 Å². The molecule has 2 aromatic rings. The van der Waals surface area contributed by atoms with Crippen LogP contribution in [0.5, 0.6) is 0 Å². The molecule has 162 valence electrons. The smallest absolute Gasteiger partial charge is 0.238 e. The van der Waals surface area contributed by atoms with Crippen LogP contribution in [0.3, 0.4) is 0 Å². The summed E-state index contributed by atoms with van der Waals surface area (Å²) in [7, 11) is -3.78. The first-order chi connectivity index (χ1) is 14.3. The average molecular weight is 487 g/mol. The molecule has 0 aliphatic carbocycles. The van der Waals surface area contributed by atoms with Gasteiger partial charge in [-0.1, -0.05) is 59.6 Å². The van der Waals surface area contributed by atoms with E-state index in [-0.39, 0.29) is 5.91 Å². The molecule has 2 rings (SSSR count). The summed E-state index contributed by atoms with van der Waals surface area (Å²) in [6, 6.07) is 13.4. The first-order valence-corrected chi connectivity index (χ1v) is 13.0. The SMILES string of the molecule is CSCCC(NS(=O)(=O)C=Cc1ccccc1)C(=O)NCCc1ccc(Cl)cc1Cl. The van der Waals surface area contributed by atoms with E-state index in [2.05, 4.69) is 10.0 Å². The minimum Gasteiger partial charge on any atom is -0.354 e. The normalized spacial score (nSPS) is 12.8. The molecule has 0 radical (unpaired) electrons. The molecule has 0 aromatic heterocycles. The Balaban J connectivity index is 1.97. The molecule has 1 amide bonds. The molecule has 0 fully saturated rings. The minimum atomic E-state index is -3.78. The Morgan fingerprint density at radius 1 is 1.17 bits per heavy atom. The molecule has 0 saturated carbocycles. The van der Waals surface area contributed by atoms with Crippen LogP contribution in [-0.2, 0) is 21.2 Å². The minimum absolute atomic E-state index is 0.331. The Morgan fingerprint density at radius 3 is 2.57 bits per heavy atom. The zero-order valence-electron chi connectivity index (χ0n) is 16.5. The van der Waals surface area contributed by atoms with Gasteiger partial charge in [0.15, 0.2) is 0 Å². The van der Waals surface area contributed by atoms with Crippen molar-refractivity contribution in [3.63, 3.8) is 0 Å². The number of hydrogen-bond donors (Lipinski definition) is 2. The van der Waals surface area contributed by atoms with Crippen LogP contribution in [-0.4, -0.2) is 38.9 Å². The fraction of sp³-hybridized carbons (Fsp3) is 0.286. The van der Waals surface area contributed by atoms with Crippen LogP contribution in [0, 0.1) is 0 Å². The Labute approximate surface area is 192 Å². The van der Waals surface area contributed by atoms with Crippen LogP contribution < -0.4 is 10.0 Å². The van der Waals surface area contributed by atoms with E-state index in [9.17, 15) is 13.2 Å². The molecule has 2 aromatic carbocycles. The van der Waals surface area contributed by atoms with Gasteiger partial charge in [-0.2, -0.15) is 16.5 Å². The zero-order valence-corrected chi connectivity index (χ0v) is 19.6. The number of halogens is 2. The molecule has 0 heterocycles. The second kappa shape index (κ2) is 12.4. The van der Waals surface area contributed by atoms with E-state index in [1.165, 1.54) is 6.08 Å². The van der Waals surface area contributed by atoms with Crippen molar-refractivity contribution in [2.24, 2.45) is 0 Å². The van der Waals surface area contributed by atoms with Crippen molar-refractivity contribution < 1.29 is 13.2 Å². The van der Waals surface area contributed by atoms with Gasteiger partial charge in [0.1, 0.15) is 6.04 Å². The number of benzene rings is 2. The van der Waals surface area contributed by atoms with Crippen molar-refractivity contribution in [3.8, 4) is 0 Å². The van der Waals surface area contributed by atoms with Gasteiger partial charge in [0.2, 0.25) is 15.9 Å². The van der Waals surface area contributed by atoms with Crippen LogP contribution in [0.2, 0.25) is 10.0 Å². The fourth-order valence-corrected chi connectivity index (χ4v) is 4.63. The second-order valence-electron chi connectivity index (χ2n) is 6.49. The highest BCUT2D eigenvalue weighted by molar-refractivity contribution is 7.98. The maximum absolute atomic E-state index is 12.6. The van der Waals surface area contributed by atoms with E-state index in [4.69, 9.17) is 23.2 Å². The maximum Gasteiger partial charge on any atom is 0.238 e. The van der Waals surface area contributed by atoms with Gasteiger partial charge >= 0.3 is 0 Å². The lowest BCUT2D eigenvalue weighted by Gasteiger charge is -2.17. The molecule has 2 N–H and O–H groups in total. The van der Waals surface area contributed by atoms with Gasteiger partial charge in [-0.3, -0.25) is 4.79 Å². The van der Waals surface area contributed by atoms with Crippen LogP contribution in [0.4, 0.5) is 0 Å². The average Bonchev–Trinajstić information content (AvgIpc) is 2.72. The topological polar surface area (TPSA) is 75.3 Å². The van der Waals surface area contributed by atoms with Gasteiger partial charge < -0.3 is 5.32 Å². The standard InChI is InChI=1S/C21H24Cl2N2O3S2/c1-29-13-10-20(25-30(27,28)14-11-16-5-3-2-4-6-16)21(26)24-12-9-17-7-8-18(22)15-19(17)23/h2-8,11,14-15,20,25H,9-10,12-13H2,1H3,(H,24,26). The fourth-order valence-electron chi connectivity index (χ4n) is 2.62. The van der Waals surface area contributed by atoms with Crippen molar-refractivity contribution in [3.05, 3.63) is 75.1 Å². The van der Waals surface area contributed by atoms with Crippen LogP contribution in [0.15, 0.2) is 53.9 Å². The van der Waals surface area contributed by atoms with E-state index < -0.39 is 16.1 Å². The van der Waals surface area contributed by atoms with Crippen molar-refractivity contribution in [2.75, 3.05) is 18.6 Å². The van der Waals surface area contributed by atoms with E-state index in [0.29, 0.717) is 35.2 Å². The first kappa shape index (κ1) is 24.8. The second-order valence-corrected chi connectivity index (χ2v) is 9.91. The van der Waals surface area contributed by atoms with Crippen molar-refractivity contribution in [1.29, 1.82) is 0 Å². The molecule has 5 nitrogen and oxygen atoms in total. The summed E-state index contributed by atoms with van der Waals surface area (Å²) in [5, 5.41) is 4.94. The lowest BCUT2D eigenvalue weighted by Crippen LogP contribution is -2.46. The predicted molar refractivity (Wildman–Crippen MR) is 127 cm³/mol. The zero-order chi connectivity index (χ0) is 22.0. The third kappa shape index (κ3) is 8.70. The molecule has 9 heteroatoms. The molecular weight excluding hydrogens is 463 g/mol. The molecule has 0 spiro atoms. The largest absolute Gasteiger partial charge is 0.354 e. The van der Waals surface area contributed by atoms with Gasteiger partial charge in [0, 0.05) is 22.0 Å². The van der Waals surface area contributed by atoms with Gasteiger partial charge in [0.25, 0.3) is 0 Å². The third-order valence-electron chi connectivity index (χ3n) is 4.18. The van der Waals surface area contributed by atoms with Crippen LogP contribution in [0.1, 0.15) is 17.5 Å². The monoisotopic (exact) mass is 486 g/mol. The number of hydrogen-bond acceptors (Lipinski definition) is 4. The number of thioether (sulfide) groups is 1. The molecular formula is C21H24Cl2N2O3S2. The summed E-state index contributed by atoms with van der Waals surface area (Å²) in [6.07, 6.45) is 4.29. The Bertz CT molecular complexity index is 967. The molecule has 0 saturated heterocycles. The van der Waals surface area contributed by atoms with Gasteiger partial charge in [-0.25, -0.2) is 8.42 Å². The molecule has 0 bridgehead atoms. The number of rotatable bonds is 11. The number of carbonyl (C=O) groups excluding carboxylic acids is 1. The molecule has 30 heavy (non-hydrogen) atoms. The van der Waals surface area contributed by atoms with E-state index in [0.717, 1.165) is 16.5 Å². The first-order valence-electron chi connectivity index (χ1n) is 9.27. The molecule has 1 atom stereocenters. The van der Waals surface area contributed by atoms with Crippen molar-refractivity contribution in [2.45, 2.75) is 18.9 Å². The van der Waals surface area contributed by atoms with E-state index in [1.54, 1.807) is 42.1 Å². The number of sulfonamides is 1.